The van der Waals surface area contributed by atoms with Crippen LogP contribution in [0, 0.1) is 24.7 Å². The number of fused-ring (bicyclic) bond motifs is 1. The molecule has 1 unspecified atom stereocenters. The molecule has 0 radical (unpaired) electrons. The Kier molecular flexibility index (Phi) is 5.17. The van der Waals surface area contributed by atoms with Gasteiger partial charge in [-0.25, -0.2) is 9.97 Å². The molecule has 1 aliphatic heterocycles. The molecule has 152 valence electrons. The van der Waals surface area contributed by atoms with Crippen molar-refractivity contribution in [3.05, 3.63) is 46.9 Å². The maximum absolute atomic E-state index is 5.90. The second-order valence-electron chi connectivity index (χ2n) is 8.78. The first-order valence-corrected chi connectivity index (χ1v) is 11.2. The highest BCUT2D eigenvalue weighted by Gasteiger charge is 2.42. The van der Waals surface area contributed by atoms with Gasteiger partial charge in [0.2, 0.25) is 5.95 Å². The van der Waals surface area contributed by atoms with Crippen LogP contribution in [0.5, 0.6) is 0 Å². The second kappa shape index (κ2) is 7.94. The fourth-order valence-corrected chi connectivity index (χ4v) is 5.18. The molecule has 2 aromatic heterocycles. The number of aromatic amines is 1. The quantitative estimate of drug-likeness (QED) is 0.608. The minimum atomic E-state index is 0.601. The summed E-state index contributed by atoms with van der Waals surface area (Å²) in [4.78, 5) is 11.0. The van der Waals surface area contributed by atoms with Crippen molar-refractivity contribution >= 4 is 28.5 Å². The lowest BCUT2D eigenvalue weighted by Gasteiger charge is -2.32. The molecule has 5 nitrogen and oxygen atoms in total. The van der Waals surface area contributed by atoms with Gasteiger partial charge in [0.1, 0.15) is 0 Å². The predicted octanol–water partition coefficient (Wildman–Crippen LogP) is 5.19. The van der Waals surface area contributed by atoms with Crippen molar-refractivity contribution in [2.45, 2.75) is 45.4 Å². The topological polar surface area (TPSA) is 57.7 Å². The number of rotatable bonds is 6. The summed E-state index contributed by atoms with van der Waals surface area (Å²) in [7, 11) is 0. The fraction of sp³-hybridized carbons (Fsp3) is 0.522. The minimum absolute atomic E-state index is 0.601. The van der Waals surface area contributed by atoms with Crippen molar-refractivity contribution in [1.82, 2.24) is 20.2 Å². The highest BCUT2D eigenvalue weighted by Crippen LogP contribution is 2.50. The third kappa shape index (κ3) is 4.11. The van der Waals surface area contributed by atoms with Gasteiger partial charge in [-0.05, 0) is 80.9 Å². The third-order valence-corrected chi connectivity index (χ3v) is 7.06. The number of aryl methyl sites for hydroxylation is 2. The van der Waals surface area contributed by atoms with E-state index >= 15 is 0 Å². The van der Waals surface area contributed by atoms with Crippen LogP contribution in [0.25, 0.3) is 10.9 Å². The van der Waals surface area contributed by atoms with Gasteiger partial charge in [-0.3, -0.25) is 5.10 Å². The van der Waals surface area contributed by atoms with E-state index in [1.165, 1.54) is 55.2 Å². The van der Waals surface area contributed by atoms with Gasteiger partial charge < -0.3 is 4.90 Å². The fourth-order valence-electron chi connectivity index (χ4n) is 5.09. The first kappa shape index (κ1) is 18.9. The van der Waals surface area contributed by atoms with Gasteiger partial charge in [0.15, 0.2) is 0 Å². The first-order chi connectivity index (χ1) is 14.2. The van der Waals surface area contributed by atoms with Gasteiger partial charge in [-0.15, -0.1) is 0 Å². The number of anilines is 1. The average molecular weight is 410 g/mol. The highest BCUT2D eigenvalue weighted by molar-refractivity contribution is 6.30. The predicted molar refractivity (Wildman–Crippen MR) is 117 cm³/mol. The molecule has 2 atom stereocenters. The van der Waals surface area contributed by atoms with Gasteiger partial charge in [0, 0.05) is 24.2 Å². The summed E-state index contributed by atoms with van der Waals surface area (Å²) in [6.45, 7) is 4.23. The van der Waals surface area contributed by atoms with Crippen LogP contribution in [0.15, 0.2) is 30.6 Å². The van der Waals surface area contributed by atoms with Crippen molar-refractivity contribution < 1.29 is 0 Å². The summed E-state index contributed by atoms with van der Waals surface area (Å²) >= 11 is 5.90. The molecule has 5 rings (SSSR count). The molecule has 1 saturated carbocycles. The van der Waals surface area contributed by atoms with E-state index in [4.69, 9.17) is 11.6 Å². The van der Waals surface area contributed by atoms with Crippen molar-refractivity contribution in [2.75, 3.05) is 18.0 Å². The number of halogens is 1. The number of piperidine rings is 1. The monoisotopic (exact) mass is 409 g/mol. The Morgan fingerprint density at radius 2 is 1.97 bits per heavy atom. The molecular weight excluding hydrogens is 382 g/mol. The minimum Gasteiger partial charge on any atom is -0.341 e. The molecule has 1 aliphatic carbocycles. The molecule has 3 heterocycles. The molecule has 2 aliphatic rings. The number of aromatic nitrogens is 4. The number of H-pyrrole nitrogens is 1. The van der Waals surface area contributed by atoms with Crippen molar-refractivity contribution in [3.63, 3.8) is 0 Å². The summed E-state index contributed by atoms with van der Waals surface area (Å²) in [5.74, 6) is 3.60. The van der Waals surface area contributed by atoms with Crippen LogP contribution in [-0.2, 0) is 6.42 Å². The Hall–Kier alpha value is -2.14. The van der Waals surface area contributed by atoms with E-state index in [0.717, 1.165) is 42.3 Å². The molecule has 2 fully saturated rings. The summed E-state index contributed by atoms with van der Waals surface area (Å²) in [6.07, 6.45) is 11.2. The number of benzene rings is 1. The van der Waals surface area contributed by atoms with E-state index in [2.05, 4.69) is 50.2 Å². The SMILES string of the molecule is Cc1[nH]nc2ccc(CCCC3C[C@@H]3C3CCN(c4ncc(Cl)cn4)CC3)cc12. The second-order valence-corrected chi connectivity index (χ2v) is 9.21. The van der Waals surface area contributed by atoms with E-state index in [1.807, 2.05) is 0 Å². The van der Waals surface area contributed by atoms with Gasteiger partial charge in [-0.2, -0.15) is 5.10 Å². The lowest BCUT2D eigenvalue weighted by atomic mass is 9.90. The number of hydrogen-bond donors (Lipinski definition) is 1. The Bertz CT molecular complexity index is 975. The molecule has 6 heteroatoms. The Labute approximate surface area is 176 Å². The van der Waals surface area contributed by atoms with Gasteiger partial charge in [0.25, 0.3) is 0 Å². The van der Waals surface area contributed by atoms with Crippen LogP contribution in [0.2, 0.25) is 5.02 Å². The van der Waals surface area contributed by atoms with Crippen LogP contribution in [-0.4, -0.2) is 33.3 Å². The summed E-state index contributed by atoms with van der Waals surface area (Å²) < 4.78 is 0. The third-order valence-electron chi connectivity index (χ3n) is 6.86. The normalized spacial score (nSPS) is 22.3. The highest BCUT2D eigenvalue weighted by atomic mass is 35.5. The van der Waals surface area contributed by atoms with Gasteiger partial charge in [-0.1, -0.05) is 17.7 Å². The van der Waals surface area contributed by atoms with Crippen molar-refractivity contribution in [1.29, 1.82) is 0 Å². The zero-order valence-corrected chi connectivity index (χ0v) is 17.7. The van der Waals surface area contributed by atoms with Crippen LogP contribution in [0.1, 0.15) is 43.4 Å². The Morgan fingerprint density at radius 3 is 2.76 bits per heavy atom. The van der Waals surface area contributed by atoms with Crippen LogP contribution in [0.4, 0.5) is 5.95 Å². The zero-order chi connectivity index (χ0) is 19.8. The van der Waals surface area contributed by atoms with Crippen molar-refractivity contribution in [3.8, 4) is 0 Å². The standard InChI is InChI=1S/C23H28ClN5/c1-15-20-11-16(5-6-22(20)28-27-15)3-2-4-18-12-21(18)17-7-9-29(10-8-17)23-25-13-19(24)14-26-23/h5-6,11,13-14,17-18,21H,2-4,7-10,12H2,1H3,(H,27,28)/t18?,21-/m1/s1. The summed E-state index contributed by atoms with van der Waals surface area (Å²) in [5, 5.41) is 9.27. The first-order valence-electron chi connectivity index (χ1n) is 10.8. The number of nitrogens with zero attached hydrogens (tertiary/aromatic N) is 4. The van der Waals surface area contributed by atoms with Crippen LogP contribution in [0.3, 0.4) is 0 Å². The van der Waals surface area contributed by atoms with Crippen LogP contribution < -0.4 is 4.90 Å². The maximum Gasteiger partial charge on any atom is 0.225 e. The molecule has 1 aromatic carbocycles. The molecule has 1 saturated heterocycles. The lowest BCUT2D eigenvalue weighted by Crippen LogP contribution is -2.35. The Morgan fingerprint density at radius 1 is 1.17 bits per heavy atom. The molecule has 3 aromatic rings. The van der Waals surface area contributed by atoms with E-state index in [0.29, 0.717) is 5.02 Å². The largest absolute Gasteiger partial charge is 0.341 e. The Balaban J connectivity index is 1.07. The van der Waals surface area contributed by atoms with E-state index in [-0.39, 0.29) is 0 Å². The van der Waals surface area contributed by atoms with Crippen LogP contribution >= 0.6 is 11.6 Å². The van der Waals surface area contributed by atoms with Gasteiger partial charge >= 0.3 is 0 Å². The van der Waals surface area contributed by atoms with E-state index < -0.39 is 0 Å². The van der Waals surface area contributed by atoms with E-state index in [9.17, 15) is 0 Å². The van der Waals surface area contributed by atoms with Gasteiger partial charge in [0.05, 0.1) is 22.9 Å². The summed E-state index contributed by atoms with van der Waals surface area (Å²) in [5.41, 5.74) is 3.68. The average Bonchev–Trinajstić information content (AvgIpc) is 3.43. The molecule has 1 N–H and O–H groups in total. The molecular formula is C23H28ClN5. The van der Waals surface area contributed by atoms with E-state index in [1.54, 1.807) is 12.4 Å². The lowest BCUT2D eigenvalue weighted by molar-refractivity contribution is 0.341. The maximum atomic E-state index is 5.90. The number of hydrogen-bond acceptors (Lipinski definition) is 4. The molecule has 0 amide bonds. The summed E-state index contributed by atoms with van der Waals surface area (Å²) in [6, 6.07) is 6.70. The van der Waals surface area contributed by atoms with Crippen molar-refractivity contribution in [2.24, 2.45) is 17.8 Å². The molecule has 0 bridgehead atoms. The number of nitrogens with one attached hydrogen (secondary N) is 1. The smallest absolute Gasteiger partial charge is 0.225 e. The molecule has 0 spiro atoms. The zero-order valence-electron chi connectivity index (χ0n) is 16.9. The molecule has 29 heavy (non-hydrogen) atoms.